The number of benzene rings is 2. The maximum Gasteiger partial charge on any atom is 0.252 e. The van der Waals surface area contributed by atoms with Gasteiger partial charge in [-0.3, -0.25) is 9.59 Å². The van der Waals surface area contributed by atoms with Crippen LogP contribution in [0.4, 0.5) is 0 Å². The standard InChI is InChI=1S/C23H27N5O4S2/c1-16-2-5-18(6-3-16)34(31,32)27-13-12-25-22(30)23(8-10-24-11-9-23)28-21(29)17-4-7-19-20(14-17)33-15-26-19/h2-7,14-15,24,27H,8-13H2,1H3,(H,25,30)(H,28,29). The first-order valence-electron chi connectivity index (χ1n) is 11.0. The molecule has 2 aromatic carbocycles. The number of rotatable bonds is 8. The van der Waals surface area contributed by atoms with E-state index in [0.717, 1.165) is 15.8 Å². The van der Waals surface area contributed by atoms with E-state index < -0.39 is 15.6 Å². The third-order valence-corrected chi connectivity index (χ3v) is 8.14. The highest BCUT2D eigenvalue weighted by Crippen LogP contribution is 2.22. The summed E-state index contributed by atoms with van der Waals surface area (Å²) in [5, 5.41) is 8.95. The fourth-order valence-electron chi connectivity index (χ4n) is 3.88. The largest absolute Gasteiger partial charge is 0.353 e. The zero-order valence-corrected chi connectivity index (χ0v) is 20.4. The average molecular weight is 502 g/mol. The lowest BCUT2D eigenvalue weighted by Crippen LogP contribution is -2.63. The highest BCUT2D eigenvalue weighted by Gasteiger charge is 2.41. The van der Waals surface area contributed by atoms with Gasteiger partial charge in [0.15, 0.2) is 0 Å². The fourth-order valence-corrected chi connectivity index (χ4v) is 5.63. The lowest BCUT2D eigenvalue weighted by atomic mass is 9.86. The van der Waals surface area contributed by atoms with E-state index in [-0.39, 0.29) is 29.8 Å². The van der Waals surface area contributed by atoms with Crippen LogP contribution in [-0.2, 0) is 14.8 Å². The first-order chi connectivity index (χ1) is 16.3. The molecule has 1 aliphatic heterocycles. The number of piperidine rings is 1. The molecular formula is C23H27N5O4S2. The number of nitrogens with one attached hydrogen (secondary N) is 4. The molecule has 0 atom stereocenters. The molecule has 2 amide bonds. The summed E-state index contributed by atoms with van der Waals surface area (Å²) in [6.45, 7) is 3.18. The van der Waals surface area contributed by atoms with Crippen LogP contribution in [0.2, 0.25) is 0 Å². The Hall–Kier alpha value is -2.86. The van der Waals surface area contributed by atoms with Crippen LogP contribution in [0.15, 0.2) is 52.9 Å². The van der Waals surface area contributed by atoms with Crippen LogP contribution in [0.1, 0.15) is 28.8 Å². The summed E-state index contributed by atoms with van der Waals surface area (Å²) >= 11 is 1.45. The molecule has 4 rings (SSSR count). The topological polar surface area (TPSA) is 129 Å². The number of fused-ring (bicyclic) bond motifs is 1. The van der Waals surface area contributed by atoms with Gasteiger partial charge in [-0.05, 0) is 63.2 Å². The van der Waals surface area contributed by atoms with Gasteiger partial charge in [0.1, 0.15) is 5.54 Å². The smallest absolute Gasteiger partial charge is 0.252 e. The van der Waals surface area contributed by atoms with Crippen molar-refractivity contribution in [3.8, 4) is 0 Å². The monoisotopic (exact) mass is 501 g/mol. The average Bonchev–Trinajstić information content (AvgIpc) is 3.30. The Balaban J connectivity index is 1.38. The Bertz CT molecular complexity index is 1280. The van der Waals surface area contributed by atoms with E-state index in [1.807, 2.05) is 6.92 Å². The summed E-state index contributed by atoms with van der Waals surface area (Å²) in [5.41, 5.74) is 2.91. The minimum absolute atomic E-state index is 0.0340. The number of nitrogens with zero attached hydrogens (tertiary/aromatic N) is 1. The zero-order valence-electron chi connectivity index (χ0n) is 18.8. The summed E-state index contributed by atoms with van der Waals surface area (Å²) in [6, 6.07) is 11.8. The molecule has 0 aliphatic carbocycles. The molecule has 3 aromatic rings. The summed E-state index contributed by atoms with van der Waals surface area (Å²) in [4.78, 5) is 30.6. The fraction of sp³-hybridized carbons (Fsp3) is 0.348. The van der Waals surface area contributed by atoms with Crippen molar-refractivity contribution in [2.75, 3.05) is 26.2 Å². The molecule has 0 spiro atoms. The van der Waals surface area contributed by atoms with Crippen molar-refractivity contribution in [1.29, 1.82) is 0 Å². The number of thiazole rings is 1. The number of carbonyl (C=O) groups is 2. The van der Waals surface area contributed by atoms with Crippen LogP contribution in [0.3, 0.4) is 0 Å². The number of sulfonamides is 1. The van der Waals surface area contributed by atoms with E-state index in [0.29, 0.717) is 31.5 Å². The summed E-state index contributed by atoms with van der Waals surface area (Å²) in [5.74, 6) is -0.650. The number of aryl methyl sites for hydroxylation is 1. The number of amides is 2. The van der Waals surface area contributed by atoms with Crippen LogP contribution >= 0.6 is 11.3 Å². The summed E-state index contributed by atoms with van der Waals surface area (Å²) in [7, 11) is -3.67. The molecule has 1 aromatic heterocycles. The molecule has 34 heavy (non-hydrogen) atoms. The molecule has 0 unspecified atom stereocenters. The normalized spacial score (nSPS) is 15.7. The molecule has 1 saturated heterocycles. The van der Waals surface area contributed by atoms with Gasteiger partial charge < -0.3 is 16.0 Å². The van der Waals surface area contributed by atoms with Crippen LogP contribution in [0.25, 0.3) is 10.2 Å². The minimum Gasteiger partial charge on any atom is -0.353 e. The van der Waals surface area contributed by atoms with Gasteiger partial charge in [-0.1, -0.05) is 17.7 Å². The van der Waals surface area contributed by atoms with Crippen molar-refractivity contribution in [3.05, 3.63) is 59.1 Å². The van der Waals surface area contributed by atoms with Crippen molar-refractivity contribution in [3.63, 3.8) is 0 Å². The second kappa shape index (κ2) is 10.2. The van der Waals surface area contributed by atoms with Crippen molar-refractivity contribution < 1.29 is 18.0 Å². The van der Waals surface area contributed by atoms with E-state index in [2.05, 4.69) is 25.7 Å². The lowest BCUT2D eigenvalue weighted by Gasteiger charge is -2.37. The zero-order chi connectivity index (χ0) is 24.2. The molecule has 1 aliphatic rings. The molecule has 4 N–H and O–H groups in total. The molecule has 1 fully saturated rings. The Labute approximate surface area is 202 Å². The first kappa shape index (κ1) is 24.3. The number of hydrogen-bond donors (Lipinski definition) is 4. The quantitative estimate of drug-likeness (QED) is 0.347. The molecule has 0 bridgehead atoms. The van der Waals surface area contributed by atoms with E-state index >= 15 is 0 Å². The van der Waals surface area contributed by atoms with Gasteiger partial charge >= 0.3 is 0 Å². The predicted molar refractivity (Wildman–Crippen MR) is 131 cm³/mol. The van der Waals surface area contributed by atoms with Crippen LogP contribution in [-0.4, -0.2) is 56.9 Å². The van der Waals surface area contributed by atoms with Crippen LogP contribution in [0.5, 0.6) is 0 Å². The minimum atomic E-state index is -3.67. The SMILES string of the molecule is Cc1ccc(S(=O)(=O)NCCNC(=O)C2(NC(=O)c3ccc4ncsc4c3)CCNCC2)cc1. The maximum atomic E-state index is 13.2. The molecule has 9 nitrogen and oxygen atoms in total. The van der Waals surface area contributed by atoms with Crippen molar-refractivity contribution >= 4 is 43.4 Å². The second-order valence-electron chi connectivity index (χ2n) is 8.29. The molecule has 0 radical (unpaired) electrons. The van der Waals surface area contributed by atoms with E-state index in [1.54, 1.807) is 48.0 Å². The Kier molecular flexibility index (Phi) is 7.27. The third-order valence-electron chi connectivity index (χ3n) is 5.87. The third kappa shape index (κ3) is 5.44. The van der Waals surface area contributed by atoms with Gasteiger partial charge in [-0.25, -0.2) is 18.1 Å². The van der Waals surface area contributed by atoms with Gasteiger partial charge in [0.05, 0.1) is 20.6 Å². The Morgan fingerprint density at radius 3 is 2.56 bits per heavy atom. The lowest BCUT2D eigenvalue weighted by molar-refractivity contribution is -0.128. The number of aromatic nitrogens is 1. The van der Waals surface area contributed by atoms with Crippen molar-refractivity contribution in [1.82, 2.24) is 25.7 Å². The van der Waals surface area contributed by atoms with Gasteiger partial charge in [0.2, 0.25) is 15.9 Å². The van der Waals surface area contributed by atoms with Gasteiger partial charge in [0.25, 0.3) is 5.91 Å². The first-order valence-corrected chi connectivity index (χ1v) is 13.4. The second-order valence-corrected chi connectivity index (χ2v) is 10.9. The molecule has 180 valence electrons. The number of hydrogen-bond acceptors (Lipinski definition) is 7. The van der Waals surface area contributed by atoms with Crippen molar-refractivity contribution in [2.45, 2.75) is 30.2 Å². The van der Waals surface area contributed by atoms with Crippen LogP contribution < -0.4 is 20.7 Å². The predicted octanol–water partition coefficient (Wildman–Crippen LogP) is 1.55. The van der Waals surface area contributed by atoms with E-state index in [9.17, 15) is 18.0 Å². The highest BCUT2D eigenvalue weighted by molar-refractivity contribution is 7.89. The van der Waals surface area contributed by atoms with Gasteiger partial charge in [0, 0.05) is 18.7 Å². The Morgan fingerprint density at radius 2 is 1.82 bits per heavy atom. The van der Waals surface area contributed by atoms with E-state index in [1.165, 1.54) is 11.3 Å². The Morgan fingerprint density at radius 1 is 1.09 bits per heavy atom. The van der Waals surface area contributed by atoms with Gasteiger partial charge in [-0.2, -0.15) is 0 Å². The van der Waals surface area contributed by atoms with Crippen molar-refractivity contribution in [2.24, 2.45) is 0 Å². The van der Waals surface area contributed by atoms with E-state index in [4.69, 9.17) is 0 Å². The molecule has 0 saturated carbocycles. The highest BCUT2D eigenvalue weighted by atomic mass is 32.2. The number of carbonyl (C=O) groups excluding carboxylic acids is 2. The molecule has 2 heterocycles. The maximum absolute atomic E-state index is 13.2. The van der Waals surface area contributed by atoms with Crippen LogP contribution in [0, 0.1) is 6.92 Å². The summed E-state index contributed by atoms with van der Waals surface area (Å²) in [6.07, 6.45) is 0.866. The summed E-state index contributed by atoms with van der Waals surface area (Å²) < 4.78 is 28.3. The van der Waals surface area contributed by atoms with Gasteiger partial charge in [-0.15, -0.1) is 11.3 Å². The molecular weight excluding hydrogens is 474 g/mol. The molecule has 11 heteroatoms.